The van der Waals surface area contributed by atoms with Crippen molar-refractivity contribution in [3.63, 3.8) is 0 Å². The summed E-state index contributed by atoms with van der Waals surface area (Å²) in [5, 5.41) is 0.511. The molecule has 1 heterocycles. The van der Waals surface area contributed by atoms with E-state index >= 15 is 0 Å². The largest absolute Gasteiger partial charge is 0.415 e. The summed E-state index contributed by atoms with van der Waals surface area (Å²) in [5.74, 6) is 0.440. The Labute approximate surface area is 113 Å². The SMILES string of the molecule is O=C(Oc1ccc(Br)c(Cl)c1)N1CCOCC1. The van der Waals surface area contributed by atoms with Crippen LogP contribution in [-0.2, 0) is 4.74 Å². The van der Waals surface area contributed by atoms with Gasteiger partial charge < -0.3 is 14.4 Å². The predicted molar refractivity (Wildman–Crippen MR) is 67.6 cm³/mol. The van der Waals surface area contributed by atoms with Crippen LogP contribution in [-0.4, -0.2) is 37.3 Å². The van der Waals surface area contributed by atoms with Gasteiger partial charge in [-0.3, -0.25) is 0 Å². The van der Waals surface area contributed by atoms with Crippen LogP contribution in [0, 0.1) is 0 Å². The number of amides is 1. The number of morpholine rings is 1. The maximum absolute atomic E-state index is 11.8. The number of carbonyl (C=O) groups is 1. The standard InChI is InChI=1S/C11H11BrClNO3/c12-9-2-1-8(7-10(9)13)17-11(15)14-3-5-16-6-4-14/h1-2,7H,3-6H2. The van der Waals surface area contributed by atoms with E-state index in [1.54, 1.807) is 23.1 Å². The molecule has 0 aromatic heterocycles. The lowest BCUT2D eigenvalue weighted by Gasteiger charge is -2.25. The fourth-order valence-electron chi connectivity index (χ4n) is 1.45. The van der Waals surface area contributed by atoms with Crippen LogP contribution < -0.4 is 4.74 Å². The first-order valence-corrected chi connectivity index (χ1v) is 6.33. The second-order valence-electron chi connectivity index (χ2n) is 3.54. The maximum Gasteiger partial charge on any atom is 0.415 e. The highest BCUT2D eigenvalue weighted by atomic mass is 79.9. The first-order valence-electron chi connectivity index (χ1n) is 5.16. The summed E-state index contributed by atoms with van der Waals surface area (Å²) in [7, 11) is 0. The lowest BCUT2D eigenvalue weighted by atomic mass is 10.3. The number of hydrogen-bond acceptors (Lipinski definition) is 3. The smallest absolute Gasteiger partial charge is 0.410 e. The molecule has 0 aliphatic carbocycles. The van der Waals surface area contributed by atoms with Crippen LogP contribution in [0.4, 0.5) is 4.79 Å². The van der Waals surface area contributed by atoms with Gasteiger partial charge in [0.15, 0.2) is 0 Å². The summed E-state index contributed by atoms with van der Waals surface area (Å²) < 4.78 is 11.1. The number of ether oxygens (including phenoxy) is 2. The fourth-order valence-corrected chi connectivity index (χ4v) is 1.87. The van der Waals surface area contributed by atoms with Gasteiger partial charge in [0.2, 0.25) is 0 Å². The van der Waals surface area contributed by atoms with Gasteiger partial charge in [0.05, 0.1) is 18.2 Å². The Bertz CT molecular complexity index is 421. The van der Waals surface area contributed by atoms with Gasteiger partial charge in [-0.25, -0.2) is 4.79 Å². The molecule has 0 N–H and O–H groups in total. The number of carbonyl (C=O) groups excluding carboxylic acids is 1. The highest BCUT2D eigenvalue weighted by Crippen LogP contribution is 2.27. The number of nitrogens with zero attached hydrogens (tertiary/aromatic N) is 1. The maximum atomic E-state index is 11.8. The van der Waals surface area contributed by atoms with E-state index in [-0.39, 0.29) is 6.09 Å². The molecule has 0 radical (unpaired) electrons. The Morgan fingerprint density at radius 1 is 1.41 bits per heavy atom. The molecule has 0 spiro atoms. The van der Waals surface area contributed by atoms with Crippen LogP contribution in [0.5, 0.6) is 5.75 Å². The average Bonchev–Trinajstić information content (AvgIpc) is 2.35. The third-order valence-electron chi connectivity index (χ3n) is 2.37. The van der Waals surface area contributed by atoms with Crippen LogP contribution in [0.3, 0.4) is 0 Å². The monoisotopic (exact) mass is 319 g/mol. The van der Waals surface area contributed by atoms with Crippen molar-refractivity contribution >= 4 is 33.6 Å². The van der Waals surface area contributed by atoms with E-state index in [2.05, 4.69) is 15.9 Å². The van der Waals surface area contributed by atoms with Crippen LogP contribution in [0.15, 0.2) is 22.7 Å². The molecule has 92 valence electrons. The van der Waals surface area contributed by atoms with E-state index in [4.69, 9.17) is 21.1 Å². The van der Waals surface area contributed by atoms with Crippen LogP contribution in [0.25, 0.3) is 0 Å². The normalized spacial score (nSPS) is 15.8. The second-order valence-corrected chi connectivity index (χ2v) is 4.80. The summed E-state index contributed by atoms with van der Waals surface area (Å²) in [6.07, 6.45) is -0.369. The van der Waals surface area contributed by atoms with Crippen molar-refractivity contribution in [3.05, 3.63) is 27.7 Å². The van der Waals surface area contributed by atoms with Gasteiger partial charge in [0.1, 0.15) is 5.75 Å². The van der Waals surface area contributed by atoms with Gasteiger partial charge >= 0.3 is 6.09 Å². The van der Waals surface area contributed by atoms with Gasteiger partial charge in [-0.2, -0.15) is 0 Å². The van der Waals surface area contributed by atoms with Crippen molar-refractivity contribution in [2.45, 2.75) is 0 Å². The van der Waals surface area contributed by atoms with Crippen molar-refractivity contribution in [3.8, 4) is 5.75 Å². The predicted octanol–water partition coefficient (Wildman–Crippen LogP) is 2.93. The Morgan fingerprint density at radius 3 is 2.76 bits per heavy atom. The van der Waals surface area contributed by atoms with Crippen LogP contribution >= 0.6 is 27.5 Å². The van der Waals surface area contributed by atoms with E-state index in [1.807, 2.05) is 0 Å². The molecule has 1 aromatic rings. The Kier molecular flexibility index (Phi) is 4.25. The summed E-state index contributed by atoms with van der Waals surface area (Å²) in [6.45, 7) is 2.22. The lowest BCUT2D eigenvalue weighted by molar-refractivity contribution is 0.0416. The zero-order valence-electron chi connectivity index (χ0n) is 8.99. The minimum absolute atomic E-state index is 0.369. The van der Waals surface area contributed by atoms with Crippen molar-refractivity contribution in [2.75, 3.05) is 26.3 Å². The van der Waals surface area contributed by atoms with Crippen LogP contribution in [0.2, 0.25) is 5.02 Å². The Morgan fingerprint density at radius 2 is 2.12 bits per heavy atom. The molecular weight excluding hydrogens is 309 g/mol. The lowest BCUT2D eigenvalue weighted by Crippen LogP contribution is -2.42. The molecule has 4 nitrogen and oxygen atoms in total. The molecule has 2 rings (SSSR count). The zero-order valence-corrected chi connectivity index (χ0v) is 11.3. The summed E-state index contributed by atoms with van der Waals surface area (Å²) in [5.41, 5.74) is 0. The summed E-state index contributed by atoms with van der Waals surface area (Å²) in [6, 6.07) is 5.03. The van der Waals surface area contributed by atoms with E-state index < -0.39 is 0 Å². The number of halogens is 2. The minimum atomic E-state index is -0.369. The molecule has 1 amide bonds. The summed E-state index contributed by atoms with van der Waals surface area (Å²) >= 11 is 9.18. The Balaban J connectivity index is 1.99. The van der Waals surface area contributed by atoms with E-state index in [0.29, 0.717) is 37.1 Å². The molecule has 0 bridgehead atoms. The third kappa shape index (κ3) is 3.34. The molecule has 0 unspecified atom stereocenters. The minimum Gasteiger partial charge on any atom is -0.410 e. The van der Waals surface area contributed by atoms with Gasteiger partial charge in [-0.1, -0.05) is 11.6 Å². The van der Waals surface area contributed by atoms with Crippen LogP contribution in [0.1, 0.15) is 0 Å². The molecule has 0 saturated carbocycles. The molecular formula is C11H11BrClNO3. The fraction of sp³-hybridized carbons (Fsp3) is 0.364. The van der Waals surface area contributed by atoms with Gasteiger partial charge in [0.25, 0.3) is 0 Å². The molecule has 1 fully saturated rings. The third-order valence-corrected chi connectivity index (χ3v) is 3.60. The van der Waals surface area contributed by atoms with Gasteiger partial charge in [-0.15, -0.1) is 0 Å². The number of benzene rings is 1. The van der Waals surface area contributed by atoms with Crippen molar-refractivity contribution in [2.24, 2.45) is 0 Å². The zero-order chi connectivity index (χ0) is 12.3. The first-order chi connectivity index (χ1) is 8.16. The molecule has 1 aliphatic rings. The van der Waals surface area contributed by atoms with E-state index in [9.17, 15) is 4.79 Å². The van der Waals surface area contributed by atoms with Crippen molar-refractivity contribution in [1.82, 2.24) is 4.90 Å². The Hall–Kier alpha value is -0.780. The first kappa shape index (κ1) is 12.7. The van der Waals surface area contributed by atoms with E-state index in [0.717, 1.165) is 4.47 Å². The topological polar surface area (TPSA) is 38.8 Å². The quantitative estimate of drug-likeness (QED) is 0.798. The number of rotatable bonds is 1. The highest BCUT2D eigenvalue weighted by molar-refractivity contribution is 9.10. The molecule has 1 aliphatic heterocycles. The number of hydrogen-bond donors (Lipinski definition) is 0. The van der Waals surface area contributed by atoms with E-state index in [1.165, 1.54) is 0 Å². The summed E-state index contributed by atoms with van der Waals surface area (Å²) in [4.78, 5) is 13.4. The average molecular weight is 321 g/mol. The van der Waals surface area contributed by atoms with Crippen molar-refractivity contribution < 1.29 is 14.3 Å². The van der Waals surface area contributed by atoms with Gasteiger partial charge in [-0.05, 0) is 28.1 Å². The molecule has 6 heteroatoms. The highest BCUT2D eigenvalue weighted by Gasteiger charge is 2.18. The molecule has 0 atom stereocenters. The molecule has 17 heavy (non-hydrogen) atoms. The molecule has 1 aromatic carbocycles. The van der Waals surface area contributed by atoms with Gasteiger partial charge in [0, 0.05) is 23.6 Å². The second kappa shape index (κ2) is 5.71. The molecule has 1 saturated heterocycles. The van der Waals surface area contributed by atoms with Crippen molar-refractivity contribution in [1.29, 1.82) is 0 Å².